The van der Waals surface area contributed by atoms with E-state index in [4.69, 9.17) is 4.74 Å². The van der Waals surface area contributed by atoms with Gasteiger partial charge in [0.05, 0.1) is 0 Å². The maximum Gasteiger partial charge on any atom is 0.131 e. The van der Waals surface area contributed by atoms with E-state index in [2.05, 4.69) is 134 Å². The molecule has 210 valence electrons. The van der Waals surface area contributed by atoms with Gasteiger partial charge < -0.3 is 4.74 Å². The van der Waals surface area contributed by atoms with Gasteiger partial charge in [-0.15, -0.1) is 0 Å². The van der Waals surface area contributed by atoms with Gasteiger partial charge in [-0.05, 0) is 66.0 Å². The number of alkyl halides is 1. The number of ether oxygens (including phenoxy) is 1. The molecule has 0 aliphatic carbocycles. The Labute approximate surface area is 252 Å². The Bertz CT molecular complexity index is 1280. The number of hydrogen-bond acceptors (Lipinski definition) is 1. The van der Waals surface area contributed by atoms with Crippen LogP contribution in [0.4, 0.5) is 0 Å². The van der Waals surface area contributed by atoms with Gasteiger partial charge in [-0.2, -0.15) is 0 Å². The van der Waals surface area contributed by atoms with Crippen molar-refractivity contribution < 1.29 is 4.74 Å². The molecule has 0 amide bonds. The molecule has 40 heavy (non-hydrogen) atoms. The molecular weight excluding hydrogens is 571 g/mol. The van der Waals surface area contributed by atoms with Gasteiger partial charge in [0.25, 0.3) is 0 Å². The highest BCUT2D eigenvalue weighted by atomic mass is 79.9. The molecule has 3 heteroatoms. The summed E-state index contributed by atoms with van der Waals surface area (Å²) in [4.78, 5) is 0. The number of unbranched alkanes of at least 4 members (excludes halogenated alkanes) is 4. The van der Waals surface area contributed by atoms with Gasteiger partial charge in [-0.25, -0.2) is 0 Å². The summed E-state index contributed by atoms with van der Waals surface area (Å²) in [6.45, 7) is 6.95. The van der Waals surface area contributed by atoms with Crippen LogP contribution in [0.2, 0.25) is 0 Å². The van der Waals surface area contributed by atoms with Gasteiger partial charge in [0.2, 0.25) is 0 Å². The van der Waals surface area contributed by atoms with Crippen molar-refractivity contribution in [2.75, 3.05) is 5.33 Å². The van der Waals surface area contributed by atoms with Crippen LogP contribution in [-0.4, -0.2) is 5.33 Å². The predicted octanol–water partition coefficient (Wildman–Crippen LogP) is 10.3. The standard InChI is InChI=1S/C25H33BrO.C12H11P/c1-4-5-7-10-19-12-14-23-21(17-19)25(2,3)22-18-20(11-8-6-9-16-26)13-15-24(22)27-23;1-3-7-11(8-4-1)13-12-9-5-2-6-10-12/h12-15,17-18H,4-11,16H2,1-3H3;1-10,13H. The minimum Gasteiger partial charge on any atom is -0.457 e. The molecule has 4 aromatic carbocycles. The highest BCUT2D eigenvalue weighted by Gasteiger charge is 2.34. The van der Waals surface area contributed by atoms with Gasteiger partial charge in [0, 0.05) is 21.9 Å². The van der Waals surface area contributed by atoms with Gasteiger partial charge in [-0.1, -0.05) is 149 Å². The molecule has 0 N–H and O–H groups in total. The van der Waals surface area contributed by atoms with Gasteiger partial charge in [0.15, 0.2) is 0 Å². The van der Waals surface area contributed by atoms with Crippen molar-refractivity contribution in [2.24, 2.45) is 0 Å². The molecule has 0 aromatic heterocycles. The van der Waals surface area contributed by atoms with E-state index in [0.29, 0.717) is 0 Å². The summed E-state index contributed by atoms with van der Waals surface area (Å²) in [7, 11) is 0.777. The summed E-state index contributed by atoms with van der Waals surface area (Å²) >= 11 is 3.52. The Balaban J connectivity index is 0.000000236. The monoisotopic (exact) mass is 614 g/mol. The van der Waals surface area contributed by atoms with E-state index in [9.17, 15) is 0 Å². The average molecular weight is 616 g/mol. The predicted molar refractivity (Wildman–Crippen MR) is 180 cm³/mol. The van der Waals surface area contributed by atoms with Crippen molar-refractivity contribution in [2.45, 2.75) is 77.6 Å². The molecule has 0 fully saturated rings. The highest BCUT2D eigenvalue weighted by Crippen LogP contribution is 2.48. The van der Waals surface area contributed by atoms with Crippen molar-refractivity contribution in [3.05, 3.63) is 119 Å². The third-order valence-corrected chi connectivity index (χ3v) is 9.46. The lowest BCUT2D eigenvalue weighted by molar-refractivity contribution is 0.417. The summed E-state index contributed by atoms with van der Waals surface area (Å²) in [6, 6.07) is 34.8. The molecule has 1 heterocycles. The molecule has 0 saturated heterocycles. The fourth-order valence-corrected chi connectivity index (χ4v) is 6.72. The maximum atomic E-state index is 6.29. The average Bonchev–Trinajstić information content (AvgIpc) is 2.98. The number of benzene rings is 4. The molecule has 0 saturated carbocycles. The quantitative estimate of drug-likeness (QED) is 0.0927. The van der Waals surface area contributed by atoms with Gasteiger partial charge in [-0.3, -0.25) is 0 Å². The van der Waals surface area contributed by atoms with Crippen molar-refractivity contribution in [1.82, 2.24) is 0 Å². The topological polar surface area (TPSA) is 9.23 Å². The van der Waals surface area contributed by atoms with Gasteiger partial charge >= 0.3 is 0 Å². The molecule has 0 unspecified atom stereocenters. The molecule has 0 atom stereocenters. The summed E-state index contributed by atoms with van der Waals surface area (Å²) in [5.41, 5.74) is 5.52. The highest BCUT2D eigenvalue weighted by molar-refractivity contribution is 9.09. The first-order chi connectivity index (χ1) is 19.5. The Morgan fingerprint density at radius 2 is 1.12 bits per heavy atom. The fourth-order valence-electron chi connectivity index (χ4n) is 5.27. The molecule has 0 spiro atoms. The van der Waals surface area contributed by atoms with E-state index in [1.165, 1.54) is 71.4 Å². The fraction of sp³-hybridized carbons (Fsp3) is 0.351. The van der Waals surface area contributed by atoms with Crippen LogP contribution in [0.15, 0.2) is 97.1 Å². The number of aryl methyl sites for hydroxylation is 2. The third kappa shape index (κ3) is 8.55. The number of hydrogen-bond donors (Lipinski definition) is 0. The van der Waals surface area contributed by atoms with Gasteiger partial charge in [0.1, 0.15) is 11.5 Å². The third-order valence-electron chi connectivity index (χ3n) is 7.66. The molecular formula is C37H44BrOP. The second kappa shape index (κ2) is 15.6. The van der Waals surface area contributed by atoms with Crippen molar-refractivity contribution in [1.29, 1.82) is 0 Å². The zero-order chi connectivity index (χ0) is 28.2. The first-order valence-corrected chi connectivity index (χ1v) is 17.0. The first-order valence-electron chi connectivity index (χ1n) is 14.9. The van der Waals surface area contributed by atoms with Crippen LogP contribution in [0.25, 0.3) is 0 Å². The lowest BCUT2D eigenvalue weighted by Gasteiger charge is -2.35. The summed E-state index contributed by atoms with van der Waals surface area (Å²) in [6.07, 6.45) is 9.96. The van der Waals surface area contributed by atoms with Crippen LogP contribution < -0.4 is 15.3 Å². The van der Waals surface area contributed by atoms with Crippen molar-refractivity contribution >= 4 is 35.1 Å². The SMILES string of the molecule is CCCCCc1ccc2c(c1)C(C)(C)c1cc(CCCCCBr)ccc1O2.c1ccc(Pc2ccccc2)cc1. The maximum absolute atomic E-state index is 6.29. The van der Waals surface area contributed by atoms with Crippen molar-refractivity contribution in [3.63, 3.8) is 0 Å². The van der Waals surface area contributed by atoms with Crippen molar-refractivity contribution in [3.8, 4) is 11.5 Å². The minimum atomic E-state index is -0.0183. The molecule has 0 radical (unpaired) electrons. The van der Waals surface area contributed by atoms with E-state index in [0.717, 1.165) is 38.3 Å². The number of halogens is 1. The van der Waals surface area contributed by atoms with Crippen LogP contribution in [0, 0.1) is 0 Å². The lowest BCUT2D eigenvalue weighted by atomic mass is 9.74. The van der Waals surface area contributed by atoms with Crippen LogP contribution in [0.5, 0.6) is 11.5 Å². The normalized spacial score (nSPS) is 12.9. The van der Waals surface area contributed by atoms with Crippen LogP contribution >= 0.6 is 24.5 Å². The molecule has 1 aliphatic heterocycles. The molecule has 0 bridgehead atoms. The van der Waals surface area contributed by atoms with E-state index >= 15 is 0 Å². The zero-order valence-electron chi connectivity index (χ0n) is 24.4. The largest absolute Gasteiger partial charge is 0.457 e. The minimum absolute atomic E-state index is 0.0183. The summed E-state index contributed by atoms with van der Waals surface area (Å²) in [5.74, 6) is 2.05. The number of rotatable bonds is 11. The van der Waals surface area contributed by atoms with E-state index in [-0.39, 0.29) is 5.41 Å². The second-order valence-electron chi connectivity index (χ2n) is 11.2. The van der Waals surface area contributed by atoms with E-state index < -0.39 is 0 Å². The van der Waals surface area contributed by atoms with Crippen LogP contribution in [-0.2, 0) is 18.3 Å². The Kier molecular flexibility index (Phi) is 11.9. The molecule has 1 nitrogen and oxygen atoms in total. The molecule has 5 rings (SSSR count). The second-order valence-corrected chi connectivity index (χ2v) is 13.4. The molecule has 4 aromatic rings. The lowest BCUT2D eigenvalue weighted by Crippen LogP contribution is -2.24. The summed E-state index contributed by atoms with van der Waals surface area (Å²) < 4.78 is 6.29. The number of fused-ring (bicyclic) bond motifs is 2. The van der Waals surface area contributed by atoms with E-state index in [1.54, 1.807) is 0 Å². The Hall–Kier alpha value is -2.41. The van der Waals surface area contributed by atoms with Crippen LogP contribution in [0.1, 0.15) is 81.5 Å². The first kappa shape index (κ1) is 30.5. The Morgan fingerprint density at radius 1 is 0.625 bits per heavy atom. The zero-order valence-corrected chi connectivity index (χ0v) is 27.0. The molecule has 1 aliphatic rings. The van der Waals surface area contributed by atoms with Crippen LogP contribution in [0.3, 0.4) is 0 Å². The summed E-state index contributed by atoms with van der Waals surface area (Å²) in [5, 5.41) is 3.90. The Morgan fingerprint density at radius 3 is 1.60 bits per heavy atom. The smallest absolute Gasteiger partial charge is 0.131 e. The van der Waals surface area contributed by atoms with E-state index in [1.807, 2.05) is 0 Å².